The van der Waals surface area contributed by atoms with Gasteiger partial charge in [0.25, 0.3) is 0 Å². The van der Waals surface area contributed by atoms with Crippen LogP contribution in [0.3, 0.4) is 0 Å². The highest BCUT2D eigenvalue weighted by Crippen LogP contribution is 2.24. The number of pyridine rings is 1. The first kappa shape index (κ1) is 29.1. The number of aromatic carboxylic acids is 1. The lowest BCUT2D eigenvalue weighted by molar-refractivity contribution is -0.128. The van der Waals surface area contributed by atoms with E-state index in [0.29, 0.717) is 47.2 Å². The van der Waals surface area contributed by atoms with E-state index in [0.717, 1.165) is 22.5 Å². The van der Waals surface area contributed by atoms with E-state index in [2.05, 4.69) is 0 Å². The van der Waals surface area contributed by atoms with E-state index in [-0.39, 0.29) is 12.1 Å². The average molecular weight is 578 g/mol. The largest absolute Gasteiger partial charge is 0.478 e. The van der Waals surface area contributed by atoms with Gasteiger partial charge in [-0.15, -0.1) is 0 Å². The second-order valence-electron chi connectivity index (χ2n) is 10.1. The molecule has 0 unspecified atom stereocenters. The summed E-state index contributed by atoms with van der Waals surface area (Å²) in [6.07, 6.45) is 0.499. The molecule has 0 aliphatic carbocycles. The summed E-state index contributed by atoms with van der Waals surface area (Å²) < 4.78 is 21.3. The molecule has 0 fully saturated rings. The molecule has 0 saturated carbocycles. The maximum absolute atomic E-state index is 14.3. The van der Waals surface area contributed by atoms with E-state index < -0.39 is 23.8 Å². The molecule has 1 atom stereocenters. The zero-order valence-electron chi connectivity index (χ0n) is 23.3. The molecule has 9 nitrogen and oxygen atoms in total. The number of carbonyl (C=O) groups is 2. The van der Waals surface area contributed by atoms with Crippen molar-refractivity contribution in [3.05, 3.63) is 118 Å². The molecule has 3 N–H and O–H groups in total. The van der Waals surface area contributed by atoms with Crippen molar-refractivity contribution in [2.24, 2.45) is 5.73 Å². The summed E-state index contributed by atoms with van der Waals surface area (Å²) in [6, 6.07) is 24.7. The molecule has 10 heteroatoms. The van der Waals surface area contributed by atoms with E-state index in [1.54, 1.807) is 22.8 Å². The number of halogens is 1. The number of ether oxygens (including phenoxy) is 1. The third-order valence-corrected chi connectivity index (χ3v) is 7.28. The highest BCUT2D eigenvalue weighted by Gasteiger charge is 2.21. The maximum atomic E-state index is 14.3. The predicted octanol–water partition coefficient (Wildman–Crippen LogP) is 4.68. The number of methoxy groups -OCH3 is 1. The van der Waals surface area contributed by atoms with Gasteiger partial charge < -0.3 is 20.1 Å². The Morgan fingerprint density at radius 2 is 1.84 bits per heavy atom. The summed E-state index contributed by atoms with van der Waals surface area (Å²) in [6.45, 7) is 0.0852. The summed E-state index contributed by atoms with van der Waals surface area (Å²) in [5.74, 6) is -1.47. The van der Waals surface area contributed by atoms with Gasteiger partial charge in [0, 0.05) is 24.8 Å². The molecule has 0 aliphatic rings. The first-order valence-electron chi connectivity index (χ1n) is 13.5. The number of primary amides is 1. The molecule has 2 aromatic heterocycles. The van der Waals surface area contributed by atoms with E-state index in [9.17, 15) is 19.1 Å². The Hall–Kier alpha value is -5.40. The first-order chi connectivity index (χ1) is 20.7. The number of carboxylic acid groups (broad SMARTS) is 1. The van der Waals surface area contributed by atoms with Crippen LogP contribution in [0.5, 0.6) is 0 Å². The van der Waals surface area contributed by atoms with Gasteiger partial charge in [-0.2, -0.15) is 5.26 Å². The Labute approximate surface area is 247 Å². The molecule has 0 saturated heterocycles. The van der Waals surface area contributed by atoms with E-state index in [4.69, 9.17) is 25.7 Å². The van der Waals surface area contributed by atoms with Crippen LogP contribution in [0.2, 0.25) is 0 Å². The van der Waals surface area contributed by atoms with Gasteiger partial charge >= 0.3 is 5.97 Å². The number of fused-ring (bicyclic) bond motifs is 1. The molecular weight excluding hydrogens is 549 g/mol. The second kappa shape index (κ2) is 12.6. The van der Waals surface area contributed by atoms with Crippen LogP contribution in [0.15, 0.2) is 78.9 Å². The first-order valence-corrected chi connectivity index (χ1v) is 13.5. The van der Waals surface area contributed by atoms with E-state index in [1.165, 1.54) is 25.3 Å². The Kier molecular flexibility index (Phi) is 8.55. The number of carboxylic acids is 1. The lowest BCUT2D eigenvalue weighted by Crippen LogP contribution is -2.34. The molecule has 2 heterocycles. The minimum atomic E-state index is -1.07. The Morgan fingerprint density at radius 3 is 2.51 bits per heavy atom. The lowest BCUT2D eigenvalue weighted by Gasteiger charge is -2.15. The van der Waals surface area contributed by atoms with Gasteiger partial charge in [0.1, 0.15) is 11.6 Å². The van der Waals surface area contributed by atoms with Gasteiger partial charge in [-0.05, 0) is 66.4 Å². The van der Waals surface area contributed by atoms with Crippen molar-refractivity contribution in [2.75, 3.05) is 7.11 Å². The lowest BCUT2D eigenvalue weighted by atomic mass is 10.0. The molecule has 3 aromatic carbocycles. The third-order valence-electron chi connectivity index (χ3n) is 7.28. The second-order valence-corrected chi connectivity index (χ2v) is 10.1. The summed E-state index contributed by atoms with van der Waals surface area (Å²) >= 11 is 0. The summed E-state index contributed by atoms with van der Waals surface area (Å²) in [7, 11) is 1.39. The average Bonchev–Trinajstić information content (AvgIpc) is 3.35. The summed E-state index contributed by atoms with van der Waals surface area (Å²) in [4.78, 5) is 33.0. The van der Waals surface area contributed by atoms with Crippen molar-refractivity contribution in [1.82, 2.24) is 14.5 Å². The monoisotopic (exact) mass is 577 g/mol. The van der Waals surface area contributed by atoms with Gasteiger partial charge in [0.2, 0.25) is 5.91 Å². The Bertz CT molecular complexity index is 1860. The van der Waals surface area contributed by atoms with Crippen LogP contribution in [0.1, 0.15) is 38.6 Å². The van der Waals surface area contributed by atoms with Gasteiger partial charge in [-0.3, -0.25) is 9.78 Å². The molecule has 0 bridgehead atoms. The third kappa shape index (κ3) is 6.58. The molecule has 0 radical (unpaired) electrons. The topological polar surface area (TPSA) is 144 Å². The number of nitriles is 1. The van der Waals surface area contributed by atoms with Crippen LogP contribution >= 0.6 is 0 Å². The van der Waals surface area contributed by atoms with Gasteiger partial charge in [0.05, 0.1) is 40.5 Å². The molecule has 216 valence electrons. The number of nitrogens with zero attached hydrogens (tertiary/aromatic N) is 4. The van der Waals surface area contributed by atoms with Crippen LogP contribution in [0, 0.1) is 17.1 Å². The number of hydrogen-bond donors (Lipinski definition) is 2. The number of aromatic nitrogens is 3. The van der Waals surface area contributed by atoms with Crippen molar-refractivity contribution >= 4 is 22.9 Å². The van der Waals surface area contributed by atoms with Crippen molar-refractivity contribution < 1.29 is 23.8 Å². The predicted molar refractivity (Wildman–Crippen MR) is 158 cm³/mol. The van der Waals surface area contributed by atoms with Gasteiger partial charge in [-0.25, -0.2) is 14.2 Å². The number of hydrogen-bond acceptors (Lipinski definition) is 6. The van der Waals surface area contributed by atoms with Crippen molar-refractivity contribution in [1.29, 1.82) is 5.26 Å². The molecular formula is C33H28FN5O4. The highest BCUT2D eigenvalue weighted by atomic mass is 19.1. The normalized spacial score (nSPS) is 11.7. The van der Waals surface area contributed by atoms with E-state index in [1.807, 2.05) is 48.5 Å². The maximum Gasteiger partial charge on any atom is 0.335 e. The van der Waals surface area contributed by atoms with Crippen molar-refractivity contribution in [3.63, 3.8) is 0 Å². The van der Waals surface area contributed by atoms with Crippen LogP contribution in [0.25, 0.3) is 22.3 Å². The number of aryl methyl sites for hydroxylation is 2. The van der Waals surface area contributed by atoms with Crippen LogP contribution in [-0.4, -0.2) is 44.7 Å². The zero-order valence-corrected chi connectivity index (χ0v) is 23.3. The quantitative estimate of drug-likeness (QED) is 0.232. The molecule has 1 amide bonds. The smallest absolute Gasteiger partial charge is 0.335 e. The fraction of sp³-hybridized carbons (Fsp3) is 0.182. The van der Waals surface area contributed by atoms with Gasteiger partial charge in [0.15, 0.2) is 6.10 Å². The van der Waals surface area contributed by atoms with Gasteiger partial charge in [-0.1, -0.05) is 36.4 Å². The summed E-state index contributed by atoms with van der Waals surface area (Å²) in [5.41, 5.74) is 11.1. The molecule has 5 aromatic rings. The number of amides is 1. The Morgan fingerprint density at radius 1 is 1.05 bits per heavy atom. The van der Waals surface area contributed by atoms with Crippen LogP contribution < -0.4 is 5.73 Å². The highest BCUT2D eigenvalue weighted by molar-refractivity contribution is 5.92. The fourth-order valence-electron chi connectivity index (χ4n) is 4.93. The SMILES string of the molecule is CO[C@@H](Cn1c(Cc2ccc(-c3cccc(CCc4ccc(C#N)cc4F)n3)cc2)nc2ccc(C(=O)O)cc21)C(N)=O. The minimum absolute atomic E-state index is 0.0852. The molecule has 43 heavy (non-hydrogen) atoms. The summed E-state index contributed by atoms with van der Waals surface area (Å²) in [5, 5.41) is 18.4. The number of rotatable bonds is 11. The minimum Gasteiger partial charge on any atom is -0.478 e. The number of nitrogens with two attached hydrogens (primary N) is 1. The zero-order chi connectivity index (χ0) is 30.5. The molecule has 0 aliphatic heterocycles. The van der Waals surface area contributed by atoms with Crippen LogP contribution in [-0.2, 0) is 35.3 Å². The number of benzene rings is 3. The fourth-order valence-corrected chi connectivity index (χ4v) is 4.93. The van der Waals surface area contributed by atoms with Crippen molar-refractivity contribution in [3.8, 4) is 17.3 Å². The van der Waals surface area contributed by atoms with Crippen molar-refractivity contribution in [2.45, 2.75) is 31.9 Å². The van der Waals surface area contributed by atoms with Crippen LogP contribution in [0.4, 0.5) is 4.39 Å². The number of imidazole rings is 1. The van der Waals surface area contributed by atoms with E-state index >= 15 is 0 Å². The molecule has 5 rings (SSSR count). The number of carbonyl (C=O) groups excluding carboxylic acids is 1. The standard InChI is InChI=1S/C33H28FN5O4/c1-43-30(32(36)40)19-39-29-17-24(33(41)42)12-14-28(29)38-31(39)16-20-5-9-23(10-6-20)27-4-2-3-25(37-27)13-11-22-8-7-21(18-35)15-26(22)34/h2-10,12,14-15,17,30H,11,13,16,19H2,1H3,(H2,36,40)(H,41,42)/t30-/m0/s1. The Balaban J connectivity index is 1.36. The molecule has 0 spiro atoms.